The van der Waals surface area contributed by atoms with Crippen LogP contribution in [-0.4, -0.2) is 61.0 Å². The molecule has 2 fully saturated rings. The minimum absolute atomic E-state index is 0.00500. The summed E-state index contributed by atoms with van der Waals surface area (Å²) in [7, 11) is 0. The van der Waals surface area contributed by atoms with E-state index in [0.717, 1.165) is 5.56 Å². The van der Waals surface area contributed by atoms with E-state index in [4.69, 9.17) is 4.74 Å². The van der Waals surface area contributed by atoms with Crippen LogP contribution in [0.25, 0.3) is 0 Å². The number of benzene rings is 2. The summed E-state index contributed by atoms with van der Waals surface area (Å²) in [6, 6.07) is 14.6. The zero-order chi connectivity index (χ0) is 27.2. The van der Waals surface area contributed by atoms with Crippen LogP contribution < -0.4 is 10.6 Å². The van der Waals surface area contributed by atoms with E-state index < -0.39 is 17.3 Å². The molecule has 2 aromatic rings. The molecule has 2 N–H and O–H groups in total. The van der Waals surface area contributed by atoms with Crippen molar-refractivity contribution in [2.24, 2.45) is 11.3 Å². The van der Waals surface area contributed by atoms with Crippen molar-refractivity contribution in [2.45, 2.75) is 50.6 Å². The lowest BCUT2D eigenvalue weighted by atomic mass is 9.75. The quantitative estimate of drug-likeness (QED) is 0.590. The lowest BCUT2D eigenvalue weighted by molar-refractivity contribution is -0.140. The third-order valence-electron chi connectivity index (χ3n) is 8.37. The van der Waals surface area contributed by atoms with Gasteiger partial charge in [0.25, 0.3) is 5.91 Å². The number of nitrogens with one attached hydrogen (secondary N) is 2. The first-order valence-corrected chi connectivity index (χ1v) is 13.9. The summed E-state index contributed by atoms with van der Waals surface area (Å²) in [5.74, 6) is -0.956. The fraction of sp³-hybridized carbons (Fsp3) is 0.452. The normalized spacial score (nSPS) is 26.4. The van der Waals surface area contributed by atoms with E-state index in [1.54, 1.807) is 17.0 Å². The molecule has 0 saturated carbocycles. The van der Waals surface area contributed by atoms with Crippen molar-refractivity contribution in [3.8, 4) is 0 Å². The third-order valence-corrected chi connectivity index (χ3v) is 8.37. The summed E-state index contributed by atoms with van der Waals surface area (Å²) in [5, 5.41) is 6.32. The molecule has 1 spiro atoms. The van der Waals surface area contributed by atoms with Crippen LogP contribution in [0.5, 0.6) is 0 Å². The van der Waals surface area contributed by atoms with Gasteiger partial charge in [0.05, 0.1) is 5.41 Å². The van der Waals surface area contributed by atoms with E-state index >= 15 is 0 Å². The lowest BCUT2D eigenvalue weighted by Crippen LogP contribution is -2.58. The van der Waals surface area contributed by atoms with Crippen LogP contribution in [0.2, 0.25) is 0 Å². The molecule has 2 saturated heterocycles. The van der Waals surface area contributed by atoms with Crippen molar-refractivity contribution in [3.05, 3.63) is 83.7 Å². The second-order valence-electron chi connectivity index (χ2n) is 10.9. The van der Waals surface area contributed by atoms with E-state index in [9.17, 15) is 18.8 Å². The SMILES string of the molecule is O=C1N[C@H]2CCN(C(=O)c3cccc(F)c3)C[C@H]2C/C=C/CC2(CCOCC2)C(=O)N[C@@H]1Cc1ccccc1. The molecule has 3 atom stereocenters. The predicted octanol–water partition coefficient (Wildman–Crippen LogP) is 3.65. The standard InChI is InChI=1S/C31H36FN3O4/c32-25-11-6-10-23(20-25)29(37)35-16-12-26-24(21-35)9-4-5-13-31(14-17-39-18-15-31)30(38)34-27(28(36)33-26)19-22-7-2-1-3-8-22/h1-8,10-11,20,24,26-27H,9,12-19,21H2,(H,33,36)(H,34,38)/b5-4+/t24-,26+,27-/m1/s1. The van der Waals surface area contributed by atoms with Crippen molar-refractivity contribution in [1.82, 2.24) is 15.5 Å². The number of allylic oxidation sites excluding steroid dienone is 2. The second kappa shape index (κ2) is 12.1. The van der Waals surface area contributed by atoms with Crippen molar-refractivity contribution in [1.29, 1.82) is 0 Å². The average molecular weight is 534 g/mol. The molecule has 2 aromatic carbocycles. The number of fused-ring (bicyclic) bond motifs is 1. The van der Waals surface area contributed by atoms with Gasteiger partial charge >= 0.3 is 0 Å². The number of carbonyl (C=O) groups excluding carboxylic acids is 3. The molecule has 39 heavy (non-hydrogen) atoms. The number of hydrogen-bond acceptors (Lipinski definition) is 4. The molecule has 0 aliphatic carbocycles. The van der Waals surface area contributed by atoms with E-state index in [1.807, 2.05) is 30.3 Å². The van der Waals surface area contributed by atoms with E-state index in [2.05, 4.69) is 22.8 Å². The second-order valence-corrected chi connectivity index (χ2v) is 10.9. The molecule has 0 radical (unpaired) electrons. The van der Waals surface area contributed by atoms with Gasteiger partial charge in [0.1, 0.15) is 11.9 Å². The van der Waals surface area contributed by atoms with E-state index in [0.29, 0.717) is 70.4 Å². The Labute approximate surface area is 228 Å². The summed E-state index contributed by atoms with van der Waals surface area (Å²) in [5.41, 5.74) is 0.681. The highest BCUT2D eigenvalue weighted by molar-refractivity contribution is 5.94. The zero-order valence-electron chi connectivity index (χ0n) is 22.1. The first-order chi connectivity index (χ1) is 18.9. The van der Waals surface area contributed by atoms with E-state index in [1.165, 1.54) is 12.1 Å². The molecule has 3 amide bonds. The monoisotopic (exact) mass is 533 g/mol. The Kier molecular flexibility index (Phi) is 8.41. The first kappa shape index (κ1) is 27.1. The van der Waals surface area contributed by atoms with Crippen molar-refractivity contribution < 1.29 is 23.5 Å². The number of likely N-dealkylation sites (tertiary alicyclic amines) is 1. The van der Waals surface area contributed by atoms with Crippen LogP contribution in [0.1, 0.15) is 48.0 Å². The lowest BCUT2D eigenvalue weighted by Gasteiger charge is -2.40. The van der Waals surface area contributed by atoms with Crippen molar-refractivity contribution in [3.63, 3.8) is 0 Å². The minimum Gasteiger partial charge on any atom is -0.381 e. The maximum absolute atomic E-state index is 13.8. The molecule has 5 rings (SSSR count). The summed E-state index contributed by atoms with van der Waals surface area (Å²) in [6.45, 7) is 1.94. The van der Waals surface area contributed by atoms with Crippen LogP contribution >= 0.6 is 0 Å². The maximum atomic E-state index is 13.8. The smallest absolute Gasteiger partial charge is 0.253 e. The Morgan fingerprint density at radius 3 is 2.59 bits per heavy atom. The number of ether oxygens (including phenoxy) is 1. The van der Waals surface area contributed by atoms with Gasteiger partial charge < -0.3 is 20.3 Å². The summed E-state index contributed by atoms with van der Waals surface area (Å²) in [4.78, 5) is 42.3. The molecule has 3 heterocycles. The number of amides is 3. The largest absolute Gasteiger partial charge is 0.381 e. The molecule has 7 nitrogen and oxygen atoms in total. The number of halogens is 1. The number of nitrogens with zero attached hydrogens (tertiary/aromatic N) is 1. The molecule has 206 valence electrons. The topological polar surface area (TPSA) is 87.7 Å². The maximum Gasteiger partial charge on any atom is 0.253 e. The number of carbonyl (C=O) groups is 3. The van der Waals surface area contributed by atoms with Gasteiger partial charge in [-0.3, -0.25) is 14.4 Å². The van der Waals surface area contributed by atoms with Crippen molar-refractivity contribution >= 4 is 17.7 Å². The van der Waals surface area contributed by atoms with Gasteiger partial charge in [0, 0.05) is 50.2 Å². The van der Waals surface area contributed by atoms with Gasteiger partial charge in [0.2, 0.25) is 11.8 Å². The summed E-state index contributed by atoms with van der Waals surface area (Å²) < 4.78 is 19.3. The molecule has 3 aliphatic rings. The highest BCUT2D eigenvalue weighted by Gasteiger charge is 2.41. The molecular weight excluding hydrogens is 497 g/mol. The Bertz CT molecular complexity index is 1210. The third kappa shape index (κ3) is 6.38. The van der Waals surface area contributed by atoms with Gasteiger partial charge in [-0.05, 0) is 55.9 Å². The van der Waals surface area contributed by atoms with Crippen LogP contribution in [-0.2, 0) is 20.7 Å². The van der Waals surface area contributed by atoms with Gasteiger partial charge in [-0.1, -0.05) is 48.6 Å². The molecule has 0 unspecified atom stereocenters. The van der Waals surface area contributed by atoms with Crippen LogP contribution in [0.15, 0.2) is 66.7 Å². The number of piperidine rings is 1. The van der Waals surface area contributed by atoms with Gasteiger partial charge in [-0.2, -0.15) is 0 Å². The summed E-state index contributed by atoms with van der Waals surface area (Å²) in [6.07, 6.45) is 7.57. The highest BCUT2D eigenvalue weighted by atomic mass is 19.1. The highest BCUT2D eigenvalue weighted by Crippen LogP contribution is 2.36. The molecular formula is C31H36FN3O4. The van der Waals surface area contributed by atoms with Crippen LogP contribution in [0.3, 0.4) is 0 Å². The van der Waals surface area contributed by atoms with Gasteiger partial charge in [0.15, 0.2) is 0 Å². The molecule has 0 aromatic heterocycles. The predicted molar refractivity (Wildman–Crippen MR) is 145 cm³/mol. The Hall–Kier alpha value is -3.52. The Morgan fingerprint density at radius 2 is 1.82 bits per heavy atom. The summed E-state index contributed by atoms with van der Waals surface area (Å²) >= 11 is 0. The molecule has 0 bridgehead atoms. The number of hydrogen-bond donors (Lipinski definition) is 2. The van der Waals surface area contributed by atoms with Gasteiger partial charge in [-0.15, -0.1) is 0 Å². The fourth-order valence-corrected chi connectivity index (χ4v) is 5.97. The van der Waals surface area contributed by atoms with Gasteiger partial charge in [-0.25, -0.2) is 4.39 Å². The fourth-order valence-electron chi connectivity index (χ4n) is 5.97. The Balaban J connectivity index is 1.39. The van der Waals surface area contributed by atoms with Crippen LogP contribution in [0.4, 0.5) is 4.39 Å². The zero-order valence-corrected chi connectivity index (χ0v) is 22.1. The molecule has 3 aliphatic heterocycles. The average Bonchev–Trinajstić information content (AvgIpc) is 2.95. The van der Waals surface area contributed by atoms with Crippen molar-refractivity contribution in [2.75, 3.05) is 26.3 Å². The van der Waals surface area contributed by atoms with Crippen LogP contribution in [0, 0.1) is 17.2 Å². The minimum atomic E-state index is -0.712. The Morgan fingerprint density at radius 1 is 1.03 bits per heavy atom. The number of rotatable bonds is 3. The van der Waals surface area contributed by atoms with E-state index in [-0.39, 0.29) is 29.7 Å². The first-order valence-electron chi connectivity index (χ1n) is 13.9. The molecule has 8 heteroatoms.